The fourth-order valence-corrected chi connectivity index (χ4v) is 2.84. The van der Waals surface area contributed by atoms with Crippen molar-refractivity contribution in [1.82, 2.24) is 4.90 Å². The Morgan fingerprint density at radius 2 is 1.94 bits per heavy atom. The summed E-state index contributed by atoms with van der Waals surface area (Å²) in [6, 6.07) is 0. The molecule has 0 aromatic heterocycles. The van der Waals surface area contributed by atoms with Gasteiger partial charge in [0.05, 0.1) is 6.10 Å². The molecule has 0 aliphatic heterocycles. The average Bonchev–Trinajstić information content (AvgIpc) is 2.29. The van der Waals surface area contributed by atoms with E-state index in [1.807, 2.05) is 0 Å². The van der Waals surface area contributed by atoms with Crippen LogP contribution < -0.4 is 0 Å². The van der Waals surface area contributed by atoms with Gasteiger partial charge in [0, 0.05) is 13.2 Å². The van der Waals surface area contributed by atoms with Crippen LogP contribution in [0.1, 0.15) is 45.4 Å². The average molecular weight is 243 g/mol. The SMILES string of the molecule is CC1CCC(O)C(CN(C)CCCCCO)C1. The first-order valence-corrected chi connectivity index (χ1v) is 7.11. The van der Waals surface area contributed by atoms with E-state index in [0.29, 0.717) is 12.5 Å². The molecule has 1 fully saturated rings. The summed E-state index contributed by atoms with van der Waals surface area (Å²) in [5.74, 6) is 1.23. The van der Waals surface area contributed by atoms with Gasteiger partial charge in [-0.25, -0.2) is 0 Å². The molecule has 0 spiro atoms. The van der Waals surface area contributed by atoms with Gasteiger partial charge in [0.2, 0.25) is 0 Å². The molecule has 3 atom stereocenters. The zero-order valence-corrected chi connectivity index (χ0v) is 11.4. The second-order valence-electron chi connectivity index (χ2n) is 5.79. The van der Waals surface area contributed by atoms with Crippen molar-refractivity contribution >= 4 is 0 Å². The molecule has 0 radical (unpaired) electrons. The van der Waals surface area contributed by atoms with Crippen molar-refractivity contribution in [2.45, 2.75) is 51.6 Å². The van der Waals surface area contributed by atoms with Crippen molar-refractivity contribution in [3.63, 3.8) is 0 Å². The van der Waals surface area contributed by atoms with Crippen molar-refractivity contribution < 1.29 is 10.2 Å². The Bertz CT molecular complexity index is 199. The second-order valence-corrected chi connectivity index (χ2v) is 5.79. The topological polar surface area (TPSA) is 43.7 Å². The molecular weight excluding hydrogens is 214 g/mol. The van der Waals surface area contributed by atoms with Crippen LogP contribution in [0.25, 0.3) is 0 Å². The van der Waals surface area contributed by atoms with E-state index in [-0.39, 0.29) is 6.10 Å². The molecule has 0 heterocycles. The molecule has 0 bridgehead atoms. The van der Waals surface area contributed by atoms with Crippen LogP contribution in [-0.4, -0.2) is 48.0 Å². The molecule has 17 heavy (non-hydrogen) atoms. The van der Waals surface area contributed by atoms with Crippen LogP contribution in [-0.2, 0) is 0 Å². The second kappa shape index (κ2) is 8.06. The number of aliphatic hydroxyl groups excluding tert-OH is 2. The molecule has 1 aliphatic rings. The lowest BCUT2D eigenvalue weighted by Crippen LogP contribution is -2.37. The van der Waals surface area contributed by atoms with E-state index in [1.54, 1.807) is 0 Å². The van der Waals surface area contributed by atoms with Crippen molar-refractivity contribution in [3.05, 3.63) is 0 Å². The summed E-state index contributed by atoms with van der Waals surface area (Å²) in [4.78, 5) is 2.34. The van der Waals surface area contributed by atoms with E-state index in [1.165, 1.54) is 12.8 Å². The number of nitrogens with zero attached hydrogens (tertiary/aromatic N) is 1. The number of aliphatic hydroxyl groups is 2. The summed E-state index contributed by atoms with van der Waals surface area (Å²) in [5.41, 5.74) is 0. The Hall–Kier alpha value is -0.120. The van der Waals surface area contributed by atoms with Gasteiger partial charge in [-0.15, -0.1) is 0 Å². The molecule has 102 valence electrons. The monoisotopic (exact) mass is 243 g/mol. The maximum Gasteiger partial charge on any atom is 0.0580 e. The molecular formula is C14H29NO2. The normalized spacial score (nSPS) is 29.8. The third-order valence-electron chi connectivity index (χ3n) is 3.95. The predicted octanol–water partition coefficient (Wildman–Crippen LogP) is 1.88. The van der Waals surface area contributed by atoms with E-state index < -0.39 is 0 Å². The Balaban J connectivity index is 2.17. The van der Waals surface area contributed by atoms with Gasteiger partial charge >= 0.3 is 0 Å². The fraction of sp³-hybridized carbons (Fsp3) is 1.00. The first kappa shape index (κ1) is 14.9. The van der Waals surface area contributed by atoms with Crippen molar-refractivity contribution in [2.75, 3.05) is 26.7 Å². The minimum absolute atomic E-state index is 0.0916. The summed E-state index contributed by atoms with van der Waals surface area (Å²) in [5, 5.41) is 18.7. The lowest BCUT2D eigenvalue weighted by molar-refractivity contribution is 0.0347. The van der Waals surface area contributed by atoms with Gasteiger partial charge in [0.15, 0.2) is 0 Å². The van der Waals surface area contributed by atoms with Gasteiger partial charge in [0.1, 0.15) is 0 Å². The molecule has 3 nitrogen and oxygen atoms in total. The van der Waals surface area contributed by atoms with Gasteiger partial charge in [-0.2, -0.15) is 0 Å². The summed E-state index contributed by atoms with van der Waals surface area (Å²) >= 11 is 0. The fourth-order valence-electron chi connectivity index (χ4n) is 2.84. The van der Waals surface area contributed by atoms with Gasteiger partial charge in [-0.1, -0.05) is 6.92 Å². The van der Waals surface area contributed by atoms with Crippen LogP contribution in [0.15, 0.2) is 0 Å². The highest BCUT2D eigenvalue weighted by atomic mass is 16.3. The molecule has 1 saturated carbocycles. The number of unbranched alkanes of at least 4 members (excludes halogenated alkanes) is 2. The van der Waals surface area contributed by atoms with Crippen molar-refractivity contribution in [1.29, 1.82) is 0 Å². The lowest BCUT2D eigenvalue weighted by Gasteiger charge is -2.34. The summed E-state index contributed by atoms with van der Waals surface area (Å²) < 4.78 is 0. The largest absolute Gasteiger partial charge is 0.396 e. The number of rotatable bonds is 7. The molecule has 0 aromatic rings. The third-order valence-corrected chi connectivity index (χ3v) is 3.95. The van der Waals surface area contributed by atoms with Crippen molar-refractivity contribution in [3.8, 4) is 0 Å². The zero-order valence-electron chi connectivity index (χ0n) is 11.4. The molecule has 1 aliphatic carbocycles. The first-order valence-electron chi connectivity index (χ1n) is 7.11. The van der Waals surface area contributed by atoms with Crippen LogP contribution in [0.3, 0.4) is 0 Å². The highest BCUT2D eigenvalue weighted by Crippen LogP contribution is 2.29. The molecule has 0 saturated heterocycles. The minimum atomic E-state index is -0.0916. The smallest absolute Gasteiger partial charge is 0.0580 e. The molecule has 3 unspecified atom stereocenters. The van der Waals surface area contributed by atoms with E-state index in [2.05, 4.69) is 18.9 Å². The van der Waals surface area contributed by atoms with Crippen LogP contribution in [0.2, 0.25) is 0 Å². The Morgan fingerprint density at radius 3 is 2.65 bits per heavy atom. The van der Waals surface area contributed by atoms with E-state index in [4.69, 9.17) is 5.11 Å². The standard InChI is InChI=1S/C14H29NO2/c1-12-6-7-14(17)13(10-12)11-15(2)8-4-3-5-9-16/h12-14,16-17H,3-11H2,1-2H3. The van der Waals surface area contributed by atoms with Crippen LogP contribution in [0.5, 0.6) is 0 Å². The maximum atomic E-state index is 9.99. The summed E-state index contributed by atoms with van der Waals surface area (Å²) in [6.07, 6.45) is 6.40. The summed E-state index contributed by atoms with van der Waals surface area (Å²) in [6.45, 7) is 4.70. The Labute approximate surface area is 106 Å². The zero-order chi connectivity index (χ0) is 12.7. The van der Waals surface area contributed by atoms with Crippen molar-refractivity contribution in [2.24, 2.45) is 11.8 Å². The Morgan fingerprint density at radius 1 is 1.18 bits per heavy atom. The third kappa shape index (κ3) is 5.84. The highest BCUT2D eigenvalue weighted by molar-refractivity contribution is 4.79. The van der Waals surface area contributed by atoms with Crippen LogP contribution in [0, 0.1) is 11.8 Å². The quantitative estimate of drug-likeness (QED) is 0.671. The molecule has 1 rings (SSSR count). The predicted molar refractivity (Wildman–Crippen MR) is 70.9 cm³/mol. The number of hydrogen-bond acceptors (Lipinski definition) is 3. The molecule has 3 heteroatoms. The van der Waals surface area contributed by atoms with Crippen LogP contribution in [0.4, 0.5) is 0 Å². The van der Waals surface area contributed by atoms with E-state index in [0.717, 1.165) is 44.7 Å². The minimum Gasteiger partial charge on any atom is -0.396 e. The maximum absolute atomic E-state index is 9.99. The lowest BCUT2D eigenvalue weighted by atomic mass is 9.80. The molecule has 0 aromatic carbocycles. The van der Waals surface area contributed by atoms with Gasteiger partial charge < -0.3 is 15.1 Å². The van der Waals surface area contributed by atoms with Gasteiger partial charge in [-0.05, 0) is 64.0 Å². The van der Waals surface area contributed by atoms with Gasteiger partial charge in [-0.3, -0.25) is 0 Å². The van der Waals surface area contributed by atoms with E-state index >= 15 is 0 Å². The highest BCUT2D eigenvalue weighted by Gasteiger charge is 2.27. The number of hydrogen-bond donors (Lipinski definition) is 2. The Kier molecular flexibility index (Phi) is 7.09. The molecule has 0 amide bonds. The van der Waals surface area contributed by atoms with E-state index in [9.17, 15) is 5.11 Å². The molecule has 2 N–H and O–H groups in total. The van der Waals surface area contributed by atoms with Gasteiger partial charge in [0.25, 0.3) is 0 Å². The first-order chi connectivity index (χ1) is 8.13. The van der Waals surface area contributed by atoms with Crippen LogP contribution >= 0.6 is 0 Å². The summed E-state index contributed by atoms with van der Waals surface area (Å²) in [7, 11) is 2.14.